The van der Waals surface area contributed by atoms with Gasteiger partial charge in [0.25, 0.3) is 5.56 Å². The van der Waals surface area contributed by atoms with Gasteiger partial charge in [0.2, 0.25) is 5.91 Å². The molecule has 0 bridgehead atoms. The van der Waals surface area contributed by atoms with Crippen molar-refractivity contribution in [3.05, 3.63) is 81.0 Å². The van der Waals surface area contributed by atoms with Crippen molar-refractivity contribution in [2.75, 3.05) is 0 Å². The minimum absolute atomic E-state index is 0.00754. The summed E-state index contributed by atoms with van der Waals surface area (Å²) < 4.78 is 0. The summed E-state index contributed by atoms with van der Waals surface area (Å²) >= 11 is 0. The van der Waals surface area contributed by atoms with E-state index >= 15 is 0 Å². The summed E-state index contributed by atoms with van der Waals surface area (Å²) in [6.45, 7) is 6.22. The third-order valence-electron chi connectivity index (χ3n) is 4.47. The zero-order valence-corrected chi connectivity index (χ0v) is 15.7. The summed E-state index contributed by atoms with van der Waals surface area (Å²) in [5, 5.41) is 2.88. The van der Waals surface area contributed by atoms with Crippen LogP contribution < -0.4 is 10.9 Å². The second-order valence-corrected chi connectivity index (χ2v) is 6.60. The van der Waals surface area contributed by atoms with E-state index in [1.54, 1.807) is 25.4 Å². The topological polar surface area (TPSA) is 87.7 Å². The number of pyridine rings is 1. The molecule has 0 aliphatic heterocycles. The Hall–Kier alpha value is -3.28. The van der Waals surface area contributed by atoms with Crippen LogP contribution in [0.4, 0.5) is 0 Å². The fourth-order valence-corrected chi connectivity index (χ4v) is 2.92. The predicted molar refractivity (Wildman–Crippen MR) is 104 cm³/mol. The molecular formula is C21H22N4O2. The van der Waals surface area contributed by atoms with E-state index in [-0.39, 0.29) is 17.9 Å². The number of rotatable bonds is 5. The van der Waals surface area contributed by atoms with Crippen LogP contribution in [0.5, 0.6) is 0 Å². The number of hydrogen-bond donors (Lipinski definition) is 2. The van der Waals surface area contributed by atoms with Crippen LogP contribution in [0.3, 0.4) is 0 Å². The fourth-order valence-electron chi connectivity index (χ4n) is 2.92. The summed E-state index contributed by atoms with van der Waals surface area (Å²) in [6.07, 6.45) is 3.28. The molecule has 27 heavy (non-hydrogen) atoms. The van der Waals surface area contributed by atoms with E-state index in [0.717, 1.165) is 16.7 Å². The quantitative estimate of drug-likeness (QED) is 0.730. The number of nitrogens with zero attached hydrogens (tertiary/aromatic N) is 2. The first-order valence-electron chi connectivity index (χ1n) is 8.77. The summed E-state index contributed by atoms with van der Waals surface area (Å²) in [5.41, 5.74) is 4.72. The van der Waals surface area contributed by atoms with Crippen LogP contribution in [0, 0.1) is 20.8 Å². The third kappa shape index (κ3) is 4.47. The molecule has 1 amide bonds. The number of aryl methyl sites for hydroxylation is 3. The maximum atomic E-state index is 12.4. The van der Waals surface area contributed by atoms with Gasteiger partial charge >= 0.3 is 0 Å². The van der Waals surface area contributed by atoms with Crippen LogP contribution in [0.2, 0.25) is 0 Å². The molecule has 0 aliphatic rings. The summed E-state index contributed by atoms with van der Waals surface area (Å²) in [5.74, 6) is 0.240. The Morgan fingerprint density at radius 2 is 2.00 bits per heavy atom. The number of aromatic amines is 1. The number of amides is 1. The second kappa shape index (κ2) is 7.95. The standard InChI is InChI=1S/C21H22N4O2/c1-13-6-7-16(14(2)9-13)12-23-19(26)10-18-15(3)24-20(25-21(18)27)17-5-4-8-22-11-17/h4-9,11H,10,12H2,1-3H3,(H,23,26)(H,24,25,27). The first-order valence-corrected chi connectivity index (χ1v) is 8.77. The van der Waals surface area contributed by atoms with Gasteiger partial charge in [-0.3, -0.25) is 14.6 Å². The second-order valence-electron chi connectivity index (χ2n) is 6.60. The van der Waals surface area contributed by atoms with Gasteiger partial charge in [-0.25, -0.2) is 4.98 Å². The molecule has 0 radical (unpaired) electrons. The van der Waals surface area contributed by atoms with Crippen molar-refractivity contribution in [1.29, 1.82) is 0 Å². The average molecular weight is 362 g/mol. The van der Waals surface area contributed by atoms with Gasteiger partial charge in [0.1, 0.15) is 5.82 Å². The molecule has 0 saturated heterocycles. The van der Waals surface area contributed by atoms with E-state index in [2.05, 4.69) is 26.3 Å². The number of carbonyl (C=O) groups is 1. The Kier molecular flexibility index (Phi) is 5.45. The zero-order valence-electron chi connectivity index (χ0n) is 15.7. The van der Waals surface area contributed by atoms with Crippen LogP contribution in [-0.2, 0) is 17.8 Å². The summed E-state index contributed by atoms with van der Waals surface area (Å²) in [6, 6.07) is 9.70. The van der Waals surface area contributed by atoms with Crippen molar-refractivity contribution in [3.8, 4) is 11.4 Å². The maximum absolute atomic E-state index is 12.4. The molecule has 6 nitrogen and oxygen atoms in total. The first kappa shape index (κ1) is 18.5. The zero-order chi connectivity index (χ0) is 19.4. The number of benzene rings is 1. The van der Waals surface area contributed by atoms with E-state index in [0.29, 0.717) is 23.6 Å². The number of H-pyrrole nitrogens is 1. The molecule has 2 N–H and O–H groups in total. The van der Waals surface area contributed by atoms with Gasteiger partial charge < -0.3 is 10.3 Å². The molecule has 6 heteroatoms. The lowest BCUT2D eigenvalue weighted by Gasteiger charge is -2.10. The molecule has 138 valence electrons. The van der Waals surface area contributed by atoms with Gasteiger partial charge in [-0.1, -0.05) is 23.8 Å². The van der Waals surface area contributed by atoms with E-state index in [4.69, 9.17) is 0 Å². The molecule has 0 aliphatic carbocycles. The molecule has 0 fully saturated rings. The molecule has 2 heterocycles. The van der Waals surface area contributed by atoms with E-state index in [1.807, 2.05) is 32.0 Å². The van der Waals surface area contributed by atoms with E-state index in [1.165, 1.54) is 5.56 Å². The van der Waals surface area contributed by atoms with Crippen LogP contribution in [0.15, 0.2) is 47.5 Å². The van der Waals surface area contributed by atoms with Gasteiger partial charge in [0, 0.05) is 35.8 Å². The van der Waals surface area contributed by atoms with Gasteiger partial charge in [-0.2, -0.15) is 0 Å². The van der Waals surface area contributed by atoms with E-state index < -0.39 is 0 Å². The SMILES string of the molecule is Cc1ccc(CNC(=O)Cc2c(C)nc(-c3cccnc3)[nH]c2=O)c(C)c1. The lowest BCUT2D eigenvalue weighted by atomic mass is 10.1. The van der Waals surface area contributed by atoms with Crippen LogP contribution in [-0.4, -0.2) is 20.9 Å². The van der Waals surface area contributed by atoms with Crippen LogP contribution >= 0.6 is 0 Å². The Morgan fingerprint density at radius 1 is 1.19 bits per heavy atom. The molecule has 0 spiro atoms. The van der Waals surface area contributed by atoms with Crippen molar-refractivity contribution >= 4 is 5.91 Å². The van der Waals surface area contributed by atoms with Gasteiger partial charge in [-0.05, 0) is 44.0 Å². The number of hydrogen-bond acceptors (Lipinski definition) is 4. The molecular weight excluding hydrogens is 340 g/mol. The molecule has 2 aromatic heterocycles. The number of carbonyl (C=O) groups excluding carboxylic acids is 1. The third-order valence-corrected chi connectivity index (χ3v) is 4.47. The highest BCUT2D eigenvalue weighted by Gasteiger charge is 2.13. The largest absolute Gasteiger partial charge is 0.352 e. The minimum Gasteiger partial charge on any atom is -0.352 e. The molecule has 3 aromatic rings. The molecule has 0 unspecified atom stereocenters. The van der Waals surface area contributed by atoms with Crippen LogP contribution in [0.25, 0.3) is 11.4 Å². The fraction of sp³-hybridized carbons (Fsp3) is 0.238. The van der Waals surface area contributed by atoms with Crippen molar-refractivity contribution < 1.29 is 4.79 Å². The Bertz CT molecular complexity index is 1030. The number of aromatic nitrogens is 3. The van der Waals surface area contributed by atoms with Gasteiger partial charge in [0.05, 0.1) is 6.42 Å². The number of nitrogens with one attached hydrogen (secondary N) is 2. The summed E-state index contributed by atoms with van der Waals surface area (Å²) in [4.78, 5) is 36.0. The van der Waals surface area contributed by atoms with Crippen molar-refractivity contribution in [3.63, 3.8) is 0 Å². The summed E-state index contributed by atoms with van der Waals surface area (Å²) in [7, 11) is 0. The van der Waals surface area contributed by atoms with E-state index in [9.17, 15) is 9.59 Å². The minimum atomic E-state index is -0.303. The van der Waals surface area contributed by atoms with Crippen molar-refractivity contribution in [2.45, 2.75) is 33.7 Å². The normalized spacial score (nSPS) is 10.6. The highest BCUT2D eigenvalue weighted by Crippen LogP contribution is 2.13. The van der Waals surface area contributed by atoms with Crippen molar-refractivity contribution in [2.24, 2.45) is 0 Å². The highest BCUT2D eigenvalue weighted by atomic mass is 16.2. The lowest BCUT2D eigenvalue weighted by Crippen LogP contribution is -2.29. The Labute approximate surface area is 157 Å². The smallest absolute Gasteiger partial charge is 0.255 e. The van der Waals surface area contributed by atoms with Gasteiger partial charge in [0.15, 0.2) is 0 Å². The molecule has 1 aromatic carbocycles. The highest BCUT2D eigenvalue weighted by molar-refractivity contribution is 5.78. The first-order chi connectivity index (χ1) is 12.9. The Balaban J connectivity index is 1.71. The average Bonchev–Trinajstić information content (AvgIpc) is 2.64. The maximum Gasteiger partial charge on any atom is 0.255 e. The molecule has 0 saturated carbocycles. The monoisotopic (exact) mass is 362 g/mol. The van der Waals surface area contributed by atoms with Crippen LogP contribution in [0.1, 0.15) is 27.9 Å². The van der Waals surface area contributed by atoms with Gasteiger partial charge in [-0.15, -0.1) is 0 Å². The predicted octanol–water partition coefficient (Wildman–Crippen LogP) is 2.62. The Morgan fingerprint density at radius 3 is 2.67 bits per heavy atom. The van der Waals surface area contributed by atoms with Crippen molar-refractivity contribution in [1.82, 2.24) is 20.3 Å². The molecule has 3 rings (SSSR count). The lowest BCUT2D eigenvalue weighted by molar-refractivity contribution is -0.120. The molecule has 0 atom stereocenters.